The largest absolute Gasteiger partial charge is 0.416 e. The highest BCUT2D eigenvalue weighted by Gasteiger charge is 2.32. The molecule has 0 atom stereocenters. The summed E-state index contributed by atoms with van der Waals surface area (Å²) in [6, 6.07) is 2.17. The van der Waals surface area contributed by atoms with Crippen LogP contribution in [0.2, 0.25) is 0 Å². The zero-order chi connectivity index (χ0) is 15.9. The van der Waals surface area contributed by atoms with Gasteiger partial charge in [-0.15, -0.1) is 0 Å². The lowest BCUT2D eigenvalue weighted by molar-refractivity contribution is -0.137. The number of nitrogens with one attached hydrogen (secondary N) is 2. The first-order chi connectivity index (χ1) is 10.4. The second-order valence-corrected chi connectivity index (χ2v) is 4.96. The molecule has 0 saturated carbocycles. The fourth-order valence-corrected chi connectivity index (χ4v) is 2.50. The molecule has 1 aromatic carbocycles. The maximum absolute atomic E-state index is 13.1. The van der Waals surface area contributed by atoms with Crippen LogP contribution in [0.1, 0.15) is 17.0 Å². The molecular weight excluding hydrogens is 297 g/mol. The van der Waals surface area contributed by atoms with Crippen molar-refractivity contribution in [1.82, 2.24) is 20.4 Å². The number of benzene rings is 1. The van der Waals surface area contributed by atoms with Gasteiger partial charge in [0.25, 0.3) is 0 Å². The molecule has 0 bridgehead atoms. The summed E-state index contributed by atoms with van der Waals surface area (Å²) in [6.45, 7) is 1.96. The molecule has 0 fully saturated rings. The minimum absolute atomic E-state index is 0.204. The van der Waals surface area contributed by atoms with Crippen LogP contribution in [0.15, 0.2) is 18.3 Å². The lowest BCUT2D eigenvalue weighted by Crippen LogP contribution is -2.05. The first-order valence-electron chi connectivity index (χ1n) is 6.49. The zero-order valence-electron chi connectivity index (χ0n) is 11.9. The van der Waals surface area contributed by atoms with Crippen molar-refractivity contribution >= 4 is 10.9 Å². The summed E-state index contributed by atoms with van der Waals surface area (Å²) in [4.78, 5) is 0. The molecule has 22 heavy (non-hydrogen) atoms. The minimum Gasteiger partial charge on any atom is -0.378 e. The Kier molecular flexibility index (Phi) is 3.40. The van der Waals surface area contributed by atoms with Gasteiger partial charge in [0.05, 0.1) is 29.6 Å². The molecule has 0 saturated heterocycles. The van der Waals surface area contributed by atoms with Crippen LogP contribution in [0.5, 0.6) is 0 Å². The van der Waals surface area contributed by atoms with Crippen LogP contribution in [-0.4, -0.2) is 27.5 Å². The molecule has 3 rings (SSSR count). The van der Waals surface area contributed by atoms with Gasteiger partial charge in [-0.05, 0) is 24.6 Å². The van der Waals surface area contributed by atoms with E-state index in [2.05, 4.69) is 20.4 Å². The van der Waals surface area contributed by atoms with Crippen molar-refractivity contribution in [3.8, 4) is 11.1 Å². The van der Waals surface area contributed by atoms with Gasteiger partial charge in [-0.3, -0.25) is 10.2 Å². The molecule has 3 aromatic rings. The third-order valence-electron chi connectivity index (χ3n) is 3.46. The summed E-state index contributed by atoms with van der Waals surface area (Å²) in [6.07, 6.45) is -2.93. The van der Waals surface area contributed by atoms with Crippen molar-refractivity contribution in [1.29, 1.82) is 0 Å². The first-order valence-corrected chi connectivity index (χ1v) is 6.49. The Bertz CT molecular complexity index is 819. The Hall–Kier alpha value is -2.35. The summed E-state index contributed by atoms with van der Waals surface area (Å²) >= 11 is 0. The third-order valence-corrected chi connectivity index (χ3v) is 3.46. The van der Waals surface area contributed by atoms with Crippen LogP contribution in [0.25, 0.3) is 22.0 Å². The molecule has 0 amide bonds. The number of fused-ring (bicyclic) bond motifs is 1. The summed E-state index contributed by atoms with van der Waals surface area (Å²) in [5.41, 5.74) is 1.86. The van der Waals surface area contributed by atoms with E-state index in [1.165, 1.54) is 13.3 Å². The molecule has 0 spiro atoms. The number of nitrogens with zero attached hydrogens (tertiary/aromatic N) is 2. The maximum atomic E-state index is 13.1. The normalized spacial score (nSPS) is 12.2. The number of aryl methyl sites for hydroxylation is 1. The Labute approximate surface area is 123 Å². The van der Waals surface area contributed by atoms with E-state index in [4.69, 9.17) is 4.74 Å². The van der Waals surface area contributed by atoms with Crippen LogP contribution in [0, 0.1) is 6.92 Å². The number of aromatic nitrogens is 4. The number of aromatic amines is 2. The van der Waals surface area contributed by atoms with Gasteiger partial charge in [0.2, 0.25) is 0 Å². The number of alkyl halides is 3. The van der Waals surface area contributed by atoms with E-state index in [9.17, 15) is 13.2 Å². The molecule has 5 nitrogen and oxygen atoms in total. The maximum Gasteiger partial charge on any atom is 0.416 e. The number of ether oxygens (including phenoxy) is 1. The number of H-pyrrole nitrogens is 2. The molecular formula is C14H13F3N4O. The molecule has 2 N–H and O–H groups in total. The Morgan fingerprint density at radius 2 is 2.00 bits per heavy atom. The summed E-state index contributed by atoms with van der Waals surface area (Å²) in [7, 11) is 1.51. The molecule has 0 aliphatic heterocycles. The molecule has 116 valence electrons. The van der Waals surface area contributed by atoms with Gasteiger partial charge in [0, 0.05) is 23.8 Å². The topological polar surface area (TPSA) is 66.6 Å². The van der Waals surface area contributed by atoms with Crippen molar-refractivity contribution < 1.29 is 17.9 Å². The Balaban J connectivity index is 2.30. The number of halogens is 3. The second kappa shape index (κ2) is 5.13. The molecule has 0 aliphatic carbocycles. The highest BCUT2D eigenvalue weighted by Crippen LogP contribution is 2.38. The number of rotatable bonds is 3. The minimum atomic E-state index is -4.44. The highest BCUT2D eigenvalue weighted by atomic mass is 19.4. The Morgan fingerprint density at radius 1 is 1.23 bits per heavy atom. The van der Waals surface area contributed by atoms with E-state index in [0.29, 0.717) is 33.4 Å². The summed E-state index contributed by atoms with van der Waals surface area (Å²) < 4.78 is 44.4. The third kappa shape index (κ3) is 2.35. The van der Waals surface area contributed by atoms with Crippen LogP contribution in [-0.2, 0) is 17.5 Å². The highest BCUT2D eigenvalue weighted by molar-refractivity contribution is 5.96. The van der Waals surface area contributed by atoms with Gasteiger partial charge < -0.3 is 4.74 Å². The molecule has 0 unspecified atom stereocenters. The zero-order valence-corrected chi connectivity index (χ0v) is 11.9. The fourth-order valence-electron chi connectivity index (χ4n) is 2.50. The van der Waals surface area contributed by atoms with Gasteiger partial charge in [-0.1, -0.05) is 0 Å². The first kappa shape index (κ1) is 14.6. The van der Waals surface area contributed by atoms with Crippen LogP contribution >= 0.6 is 0 Å². The van der Waals surface area contributed by atoms with E-state index in [0.717, 1.165) is 12.1 Å². The van der Waals surface area contributed by atoms with Crippen molar-refractivity contribution in [2.24, 2.45) is 0 Å². The standard InChI is InChI=1S/C14H13F3N4O/c1-7-13(12(6-22-2)21-19-7)9-3-8(14(15,16)17)4-11-10(9)5-18-20-11/h3-5H,6H2,1-2H3,(H,18,20)(H,19,21). The lowest BCUT2D eigenvalue weighted by Gasteiger charge is -2.11. The Morgan fingerprint density at radius 3 is 2.68 bits per heavy atom. The lowest BCUT2D eigenvalue weighted by atomic mass is 9.97. The van der Waals surface area contributed by atoms with Gasteiger partial charge in [-0.25, -0.2) is 0 Å². The van der Waals surface area contributed by atoms with Gasteiger partial charge in [0.15, 0.2) is 0 Å². The average Bonchev–Trinajstić information content (AvgIpc) is 3.04. The molecule has 0 aliphatic rings. The van der Waals surface area contributed by atoms with Crippen LogP contribution in [0.4, 0.5) is 13.2 Å². The molecule has 2 heterocycles. The fraction of sp³-hybridized carbons (Fsp3) is 0.286. The van der Waals surface area contributed by atoms with Crippen molar-refractivity contribution in [3.05, 3.63) is 35.3 Å². The molecule has 0 radical (unpaired) electrons. The predicted octanol–water partition coefficient (Wildman–Crippen LogP) is 3.43. The van der Waals surface area contributed by atoms with E-state index >= 15 is 0 Å². The monoisotopic (exact) mass is 310 g/mol. The number of hydrogen-bond donors (Lipinski definition) is 2. The smallest absolute Gasteiger partial charge is 0.378 e. The summed E-state index contributed by atoms with van der Waals surface area (Å²) in [5.74, 6) is 0. The van der Waals surface area contributed by atoms with Crippen LogP contribution < -0.4 is 0 Å². The number of hydrogen-bond acceptors (Lipinski definition) is 3. The van der Waals surface area contributed by atoms with E-state index < -0.39 is 11.7 Å². The van der Waals surface area contributed by atoms with Gasteiger partial charge >= 0.3 is 6.18 Å². The van der Waals surface area contributed by atoms with Crippen molar-refractivity contribution in [2.75, 3.05) is 7.11 Å². The average molecular weight is 310 g/mol. The molecule has 2 aromatic heterocycles. The SMILES string of the molecule is COCc1n[nH]c(C)c1-c1cc(C(F)(F)F)cc2[nH]ncc12. The number of methoxy groups -OCH3 is 1. The van der Waals surface area contributed by atoms with Crippen LogP contribution in [0.3, 0.4) is 0 Å². The molecule has 8 heteroatoms. The summed E-state index contributed by atoms with van der Waals surface area (Å²) in [5, 5.41) is 13.9. The van der Waals surface area contributed by atoms with Gasteiger partial charge in [0.1, 0.15) is 0 Å². The van der Waals surface area contributed by atoms with Crippen molar-refractivity contribution in [2.45, 2.75) is 19.7 Å². The van der Waals surface area contributed by atoms with E-state index in [-0.39, 0.29) is 6.61 Å². The van der Waals surface area contributed by atoms with E-state index in [1.807, 2.05) is 0 Å². The quantitative estimate of drug-likeness (QED) is 0.779. The predicted molar refractivity (Wildman–Crippen MR) is 74.1 cm³/mol. The van der Waals surface area contributed by atoms with E-state index in [1.54, 1.807) is 6.92 Å². The van der Waals surface area contributed by atoms with Gasteiger partial charge in [-0.2, -0.15) is 23.4 Å². The second-order valence-electron chi connectivity index (χ2n) is 4.96. The van der Waals surface area contributed by atoms with Crippen molar-refractivity contribution in [3.63, 3.8) is 0 Å².